The average Bonchev–Trinajstić information content (AvgIpc) is 2.99. The molecule has 0 bridgehead atoms. The van der Waals surface area contributed by atoms with E-state index in [0.717, 1.165) is 11.1 Å². The first-order valence-electron chi connectivity index (χ1n) is 8.32. The maximum Gasteiger partial charge on any atom is 0.259 e. The molecule has 0 unspecified atom stereocenters. The van der Waals surface area contributed by atoms with Gasteiger partial charge < -0.3 is 15.2 Å². The summed E-state index contributed by atoms with van der Waals surface area (Å²) >= 11 is 0. The van der Waals surface area contributed by atoms with Gasteiger partial charge in [-0.2, -0.15) is 0 Å². The third-order valence-corrected chi connectivity index (χ3v) is 3.99. The zero-order valence-corrected chi connectivity index (χ0v) is 14.9. The zero-order chi connectivity index (χ0) is 18.7. The van der Waals surface area contributed by atoms with Crippen molar-refractivity contribution in [1.29, 1.82) is 0 Å². The molecule has 2 aromatic heterocycles. The second-order valence-electron chi connectivity index (χ2n) is 6.11. The van der Waals surface area contributed by atoms with Gasteiger partial charge in [0.2, 0.25) is 5.91 Å². The quantitative estimate of drug-likeness (QED) is 0.687. The van der Waals surface area contributed by atoms with Crippen molar-refractivity contribution in [3.05, 3.63) is 47.2 Å². The molecule has 1 aromatic carbocycles. The number of carbonyl (C=O) groups is 2. The first-order valence-corrected chi connectivity index (χ1v) is 8.32. The van der Waals surface area contributed by atoms with E-state index in [2.05, 4.69) is 20.8 Å². The number of hydrogen-bond acceptors (Lipinski definition) is 5. The Bertz CT molecular complexity index is 961. The second-order valence-corrected chi connectivity index (χ2v) is 6.11. The molecule has 0 saturated heterocycles. The summed E-state index contributed by atoms with van der Waals surface area (Å²) < 4.78 is 5.28. The Morgan fingerprint density at radius 1 is 1.08 bits per heavy atom. The molecule has 7 nitrogen and oxygen atoms in total. The lowest BCUT2D eigenvalue weighted by atomic mass is 10.0. The van der Waals surface area contributed by atoms with Gasteiger partial charge in [-0.25, -0.2) is 4.98 Å². The highest BCUT2D eigenvalue weighted by molar-refractivity contribution is 6.07. The van der Waals surface area contributed by atoms with Crippen LogP contribution in [-0.4, -0.2) is 35.0 Å². The van der Waals surface area contributed by atoms with Crippen LogP contribution in [0, 0.1) is 13.8 Å². The number of fused-ring (bicyclic) bond motifs is 1. The minimum absolute atomic E-state index is 0.137. The standard InChI is InChI=1S/C19H20N4O3/c1-11-4-6-14(7-5-11)16-10-15(17-12(2)23-26-19(17)22-16)18(25)21-9-8-20-13(3)24/h4-7,10H,8-9H2,1-3H3,(H,20,24)(H,21,25). The summed E-state index contributed by atoms with van der Waals surface area (Å²) in [5.41, 5.74) is 4.05. The number of benzene rings is 1. The molecule has 0 aliphatic heterocycles. The van der Waals surface area contributed by atoms with E-state index in [1.54, 1.807) is 13.0 Å². The van der Waals surface area contributed by atoms with Gasteiger partial charge >= 0.3 is 0 Å². The van der Waals surface area contributed by atoms with E-state index in [9.17, 15) is 9.59 Å². The minimum atomic E-state index is -0.262. The van der Waals surface area contributed by atoms with Crippen LogP contribution >= 0.6 is 0 Å². The van der Waals surface area contributed by atoms with Gasteiger partial charge in [0.05, 0.1) is 22.3 Å². The lowest BCUT2D eigenvalue weighted by Crippen LogP contribution is -2.33. The first-order chi connectivity index (χ1) is 12.5. The molecule has 0 aliphatic rings. The third-order valence-electron chi connectivity index (χ3n) is 3.99. The van der Waals surface area contributed by atoms with Crippen molar-refractivity contribution in [2.45, 2.75) is 20.8 Å². The average molecular weight is 352 g/mol. The predicted octanol–water partition coefficient (Wildman–Crippen LogP) is 2.37. The highest BCUT2D eigenvalue weighted by atomic mass is 16.5. The van der Waals surface area contributed by atoms with Gasteiger partial charge in [0.15, 0.2) is 0 Å². The summed E-state index contributed by atoms with van der Waals surface area (Å²) in [5.74, 6) is -0.399. The molecule has 0 saturated carbocycles. The lowest BCUT2D eigenvalue weighted by molar-refractivity contribution is -0.118. The van der Waals surface area contributed by atoms with E-state index >= 15 is 0 Å². The molecule has 7 heteroatoms. The number of nitrogens with zero attached hydrogens (tertiary/aromatic N) is 2. The van der Waals surface area contributed by atoms with Crippen LogP contribution in [0.1, 0.15) is 28.5 Å². The highest BCUT2D eigenvalue weighted by Gasteiger charge is 2.19. The Kier molecular flexibility index (Phi) is 4.97. The molecule has 0 fully saturated rings. The number of nitrogens with one attached hydrogen (secondary N) is 2. The molecular formula is C19H20N4O3. The molecule has 0 aliphatic carbocycles. The number of aromatic nitrogens is 2. The van der Waals surface area contributed by atoms with E-state index in [1.807, 2.05) is 31.2 Å². The molecule has 3 aromatic rings. The van der Waals surface area contributed by atoms with Crippen LogP contribution in [-0.2, 0) is 4.79 Å². The zero-order valence-electron chi connectivity index (χ0n) is 14.9. The van der Waals surface area contributed by atoms with E-state index in [0.29, 0.717) is 41.1 Å². The molecule has 26 heavy (non-hydrogen) atoms. The van der Waals surface area contributed by atoms with E-state index in [4.69, 9.17) is 4.52 Å². The molecular weight excluding hydrogens is 332 g/mol. The predicted molar refractivity (Wildman–Crippen MR) is 97.7 cm³/mol. The van der Waals surface area contributed by atoms with E-state index in [1.165, 1.54) is 6.92 Å². The van der Waals surface area contributed by atoms with Crippen LogP contribution in [0.2, 0.25) is 0 Å². The summed E-state index contributed by atoms with van der Waals surface area (Å²) in [7, 11) is 0. The van der Waals surface area contributed by atoms with Crippen LogP contribution in [0.15, 0.2) is 34.9 Å². The number of aryl methyl sites for hydroxylation is 2. The van der Waals surface area contributed by atoms with Gasteiger partial charge in [-0.3, -0.25) is 9.59 Å². The van der Waals surface area contributed by atoms with Crippen LogP contribution in [0.3, 0.4) is 0 Å². The van der Waals surface area contributed by atoms with Gasteiger partial charge in [-0.15, -0.1) is 0 Å². The lowest BCUT2D eigenvalue weighted by Gasteiger charge is -2.09. The number of amides is 2. The van der Waals surface area contributed by atoms with E-state index in [-0.39, 0.29) is 11.8 Å². The van der Waals surface area contributed by atoms with Crippen molar-refractivity contribution >= 4 is 22.9 Å². The summed E-state index contributed by atoms with van der Waals surface area (Å²) in [4.78, 5) is 28.1. The van der Waals surface area contributed by atoms with Crippen molar-refractivity contribution in [3.63, 3.8) is 0 Å². The minimum Gasteiger partial charge on any atom is -0.355 e. The Balaban J connectivity index is 1.94. The van der Waals surface area contributed by atoms with Crippen LogP contribution in [0.25, 0.3) is 22.4 Å². The van der Waals surface area contributed by atoms with Crippen molar-refractivity contribution in [2.24, 2.45) is 0 Å². The first kappa shape index (κ1) is 17.6. The monoisotopic (exact) mass is 352 g/mol. The molecule has 0 atom stereocenters. The van der Waals surface area contributed by atoms with Gasteiger partial charge in [0, 0.05) is 25.6 Å². The summed E-state index contributed by atoms with van der Waals surface area (Å²) in [6.07, 6.45) is 0. The molecule has 2 amide bonds. The fraction of sp³-hybridized carbons (Fsp3) is 0.263. The molecule has 0 radical (unpaired) electrons. The molecule has 3 rings (SSSR count). The van der Waals surface area contributed by atoms with E-state index < -0.39 is 0 Å². The molecule has 134 valence electrons. The van der Waals surface area contributed by atoms with Crippen molar-refractivity contribution < 1.29 is 14.1 Å². The smallest absolute Gasteiger partial charge is 0.259 e. The largest absolute Gasteiger partial charge is 0.355 e. The van der Waals surface area contributed by atoms with Gasteiger partial charge in [0.25, 0.3) is 11.6 Å². The summed E-state index contributed by atoms with van der Waals surface area (Å²) in [6.45, 7) is 5.90. The number of rotatable bonds is 5. The van der Waals surface area contributed by atoms with Crippen molar-refractivity contribution in [2.75, 3.05) is 13.1 Å². The van der Waals surface area contributed by atoms with Crippen LogP contribution in [0.5, 0.6) is 0 Å². The maximum absolute atomic E-state index is 12.7. The molecule has 2 N–H and O–H groups in total. The van der Waals surface area contributed by atoms with Gasteiger partial charge in [-0.1, -0.05) is 35.0 Å². The van der Waals surface area contributed by atoms with Crippen molar-refractivity contribution in [1.82, 2.24) is 20.8 Å². The van der Waals surface area contributed by atoms with Crippen LogP contribution < -0.4 is 10.6 Å². The topological polar surface area (TPSA) is 97.1 Å². The molecule has 2 heterocycles. The number of pyridine rings is 1. The number of hydrogen-bond donors (Lipinski definition) is 2. The highest BCUT2D eigenvalue weighted by Crippen LogP contribution is 2.27. The fourth-order valence-corrected chi connectivity index (χ4v) is 2.66. The normalized spacial score (nSPS) is 10.7. The second kappa shape index (κ2) is 7.35. The maximum atomic E-state index is 12.7. The van der Waals surface area contributed by atoms with Crippen molar-refractivity contribution in [3.8, 4) is 11.3 Å². The molecule has 0 spiro atoms. The number of carbonyl (C=O) groups excluding carboxylic acids is 2. The van der Waals surface area contributed by atoms with Crippen LogP contribution in [0.4, 0.5) is 0 Å². The van der Waals surface area contributed by atoms with Gasteiger partial charge in [0.1, 0.15) is 0 Å². The Hall–Kier alpha value is -3.22. The third kappa shape index (κ3) is 3.72. The Labute approximate surface area is 150 Å². The van der Waals surface area contributed by atoms with Gasteiger partial charge in [-0.05, 0) is 19.9 Å². The summed E-state index contributed by atoms with van der Waals surface area (Å²) in [6, 6.07) is 9.61. The Morgan fingerprint density at radius 3 is 2.46 bits per heavy atom. The summed E-state index contributed by atoms with van der Waals surface area (Å²) in [5, 5.41) is 9.97. The Morgan fingerprint density at radius 2 is 1.77 bits per heavy atom. The fourth-order valence-electron chi connectivity index (χ4n) is 2.66. The SMILES string of the molecule is CC(=O)NCCNC(=O)c1cc(-c2ccc(C)cc2)nc2onc(C)c12.